The average molecular weight is 534 g/mol. The van der Waals surface area contributed by atoms with Gasteiger partial charge in [0.1, 0.15) is 18.2 Å². The molecule has 2 amide bonds. The van der Waals surface area contributed by atoms with Crippen LogP contribution in [0.1, 0.15) is 18.1 Å². The standard InChI is InChI=1S/C25H22Cl2FN3O5/c1-14(30-31-25(33)24(32)29-20-12-16(26)8-10-21(20)34-2)15-7-9-22(23(11-15)35-3)36-13-17-18(27)5-4-6-19(17)28/h4-12H,13H2,1-3H3,(H,29,32)(H,31,33)/b30-14+. The summed E-state index contributed by atoms with van der Waals surface area (Å²) in [5.74, 6) is -1.38. The second kappa shape index (κ2) is 12.2. The summed E-state index contributed by atoms with van der Waals surface area (Å²) in [4.78, 5) is 24.5. The minimum absolute atomic E-state index is 0.100. The maximum atomic E-state index is 14.0. The van der Waals surface area contributed by atoms with Crippen LogP contribution in [0.5, 0.6) is 17.2 Å². The highest BCUT2D eigenvalue weighted by molar-refractivity contribution is 6.40. The Morgan fingerprint density at radius 2 is 1.67 bits per heavy atom. The number of ether oxygens (including phenoxy) is 3. The van der Waals surface area contributed by atoms with Crippen LogP contribution < -0.4 is 25.0 Å². The highest BCUT2D eigenvalue weighted by Gasteiger charge is 2.17. The Morgan fingerprint density at radius 1 is 0.944 bits per heavy atom. The van der Waals surface area contributed by atoms with Gasteiger partial charge in [-0.05, 0) is 55.5 Å². The van der Waals surface area contributed by atoms with Crippen LogP contribution in [0.2, 0.25) is 10.0 Å². The van der Waals surface area contributed by atoms with Gasteiger partial charge in [-0.15, -0.1) is 0 Å². The monoisotopic (exact) mass is 533 g/mol. The fourth-order valence-electron chi connectivity index (χ4n) is 3.04. The van der Waals surface area contributed by atoms with Gasteiger partial charge in [0.05, 0.1) is 30.6 Å². The Morgan fingerprint density at radius 3 is 2.36 bits per heavy atom. The molecule has 3 aromatic carbocycles. The topological polar surface area (TPSA) is 98.2 Å². The van der Waals surface area contributed by atoms with Crippen LogP contribution in [0, 0.1) is 5.82 Å². The zero-order valence-electron chi connectivity index (χ0n) is 19.5. The number of halogens is 3. The van der Waals surface area contributed by atoms with Gasteiger partial charge in [-0.1, -0.05) is 29.3 Å². The summed E-state index contributed by atoms with van der Waals surface area (Å²) >= 11 is 12.0. The summed E-state index contributed by atoms with van der Waals surface area (Å²) in [6.07, 6.45) is 0. The van der Waals surface area contributed by atoms with E-state index in [1.165, 1.54) is 32.4 Å². The number of anilines is 1. The molecule has 0 atom stereocenters. The number of nitrogens with zero attached hydrogens (tertiary/aromatic N) is 1. The van der Waals surface area contributed by atoms with Crippen molar-refractivity contribution >= 4 is 46.4 Å². The molecule has 0 aliphatic carbocycles. The molecule has 36 heavy (non-hydrogen) atoms. The van der Waals surface area contributed by atoms with E-state index in [1.54, 1.807) is 43.3 Å². The predicted octanol–water partition coefficient (Wildman–Crippen LogP) is 5.21. The maximum absolute atomic E-state index is 14.0. The molecule has 0 bridgehead atoms. The molecule has 0 fully saturated rings. The minimum atomic E-state index is -0.995. The molecular weight excluding hydrogens is 512 g/mol. The van der Waals surface area contributed by atoms with Crippen LogP contribution in [0.4, 0.5) is 10.1 Å². The molecule has 0 saturated carbocycles. The van der Waals surface area contributed by atoms with E-state index < -0.39 is 17.6 Å². The number of hydrogen-bond acceptors (Lipinski definition) is 6. The van der Waals surface area contributed by atoms with Crippen molar-refractivity contribution < 1.29 is 28.2 Å². The Kier molecular flexibility index (Phi) is 9.10. The van der Waals surface area contributed by atoms with Crippen molar-refractivity contribution in [2.45, 2.75) is 13.5 Å². The summed E-state index contributed by atoms with van der Waals surface area (Å²) in [6, 6.07) is 13.9. The van der Waals surface area contributed by atoms with Crippen LogP contribution in [0.25, 0.3) is 0 Å². The van der Waals surface area contributed by atoms with Crippen molar-refractivity contribution in [3.8, 4) is 17.2 Å². The molecule has 0 saturated heterocycles. The van der Waals surface area contributed by atoms with Gasteiger partial charge in [0.2, 0.25) is 0 Å². The third-order valence-corrected chi connectivity index (χ3v) is 5.55. The van der Waals surface area contributed by atoms with E-state index in [4.69, 9.17) is 37.4 Å². The number of nitrogens with one attached hydrogen (secondary N) is 2. The number of benzene rings is 3. The fraction of sp³-hybridized carbons (Fsp3) is 0.160. The first-order valence-corrected chi connectivity index (χ1v) is 11.2. The van der Waals surface area contributed by atoms with Crippen LogP contribution in [-0.2, 0) is 16.2 Å². The van der Waals surface area contributed by atoms with Gasteiger partial charge in [-0.2, -0.15) is 5.10 Å². The van der Waals surface area contributed by atoms with Crippen molar-refractivity contribution in [1.82, 2.24) is 5.43 Å². The molecule has 0 aromatic heterocycles. The lowest BCUT2D eigenvalue weighted by atomic mass is 10.1. The summed E-state index contributed by atoms with van der Waals surface area (Å²) in [5.41, 5.74) is 3.63. The number of methoxy groups -OCH3 is 2. The van der Waals surface area contributed by atoms with Gasteiger partial charge in [0, 0.05) is 16.1 Å². The van der Waals surface area contributed by atoms with Gasteiger partial charge >= 0.3 is 11.8 Å². The number of hydrogen-bond donors (Lipinski definition) is 2. The van der Waals surface area contributed by atoms with Crippen LogP contribution in [-0.4, -0.2) is 31.7 Å². The molecule has 11 heteroatoms. The lowest BCUT2D eigenvalue weighted by Gasteiger charge is -2.13. The Hall–Kier alpha value is -3.82. The first kappa shape index (κ1) is 26.8. The molecule has 0 aliphatic rings. The molecule has 3 rings (SSSR count). The highest BCUT2D eigenvalue weighted by Crippen LogP contribution is 2.30. The van der Waals surface area contributed by atoms with Crippen molar-refractivity contribution in [3.63, 3.8) is 0 Å². The molecule has 3 aromatic rings. The number of carbonyl (C=O) groups is 2. The second-order valence-corrected chi connectivity index (χ2v) is 8.14. The van der Waals surface area contributed by atoms with Crippen LogP contribution in [0.3, 0.4) is 0 Å². The predicted molar refractivity (Wildman–Crippen MR) is 136 cm³/mol. The van der Waals surface area contributed by atoms with Gasteiger partial charge in [0.25, 0.3) is 0 Å². The smallest absolute Gasteiger partial charge is 0.329 e. The second-order valence-electron chi connectivity index (χ2n) is 7.29. The third-order valence-electron chi connectivity index (χ3n) is 4.96. The number of hydrazone groups is 1. The van der Waals surface area contributed by atoms with Crippen LogP contribution >= 0.6 is 23.2 Å². The summed E-state index contributed by atoms with van der Waals surface area (Å²) in [7, 11) is 2.87. The van der Waals surface area contributed by atoms with E-state index in [9.17, 15) is 14.0 Å². The maximum Gasteiger partial charge on any atom is 0.329 e. The van der Waals surface area contributed by atoms with E-state index in [0.29, 0.717) is 33.5 Å². The van der Waals surface area contributed by atoms with Gasteiger partial charge in [-0.25, -0.2) is 9.82 Å². The molecule has 0 aliphatic heterocycles. The van der Waals surface area contributed by atoms with E-state index in [0.717, 1.165) is 0 Å². The normalized spacial score (nSPS) is 11.0. The van der Waals surface area contributed by atoms with Crippen LogP contribution in [0.15, 0.2) is 59.7 Å². The van der Waals surface area contributed by atoms with Gasteiger partial charge in [-0.3, -0.25) is 9.59 Å². The lowest BCUT2D eigenvalue weighted by molar-refractivity contribution is -0.136. The first-order chi connectivity index (χ1) is 17.2. The van der Waals surface area contributed by atoms with Crippen molar-refractivity contribution in [2.75, 3.05) is 19.5 Å². The zero-order valence-corrected chi connectivity index (χ0v) is 21.0. The molecule has 2 N–H and O–H groups in total. The Bertz CT molecular complexity index is 1300. The first-order valence-electron chi connectivity index (χ1n) is 10.5. The quantitative estimate of drug-likeness (QED) is 0.235. The summed E-state index contributed by atoms with van der Waals surface area (Å²) in [6.45, 7) is 1.53. The molecular formula is C25H22Cl2FN3O5. The van der Waals surface area contributed by atoms with E-state index in [2.05, 4.69) is 15.8 Å². The minimum Gasteiger partial charge on any atom is -0.495 e. The van der Waals surface area contributed by atoms with E-state index >= 15 is 0 Å². The van der Waals surface area contributed by atoms with Gasteiger partial charge in [0.15, 0.2) is 11.5 Å². The average Bonchev–Trinajstić information content (AvgIpc) is 2.86. The SMILES string of the molecule is COc1ccc(Cl)cc1NC(=O)C(=O)N/N=C(\C)c1ccc(OCc2c(F)cccc2Cl)c(OC)c1. The lowest BCUT2D eigenvalue weighted by Crippen LogP contribution is -2.33. The highest BCUT2D eigenvalue weighted by atomic mass is 35.5. The largest absolute Gasteiger partial charge is 0.495 e. The molecule has 188 valence electrons. The molecule has 0 unspecified atom stereocenters. The fourth-order valence-corrected chi connectivity index (χ4v) is 3.43. The van der Waals surface area contributed by atoms with Gasteiger partial charge < -0.3 is 19.5 Å². The Labute approximate surface area is 217 Å². The number of carbonyl (C=O) groups excluding carboxylic acids is 2. The molecule has 8 nitrogen and oxygen atoms in total. The summed E-state index contributed by atoms with van der Waals surface area (Å²) in [5, 5.41) is 7.01. The zero-order chi connectivity index (χ0) is 26.2. The number of rotatable bonds is 8. The number of amides is 2. The molecule has 0 heterocycles. The van der Waals surface area contributed by atoms with Crippen molar-refractivity contribution in [2.24, 2.45) is 5.10 Å². The Balaban J connectivity index is 1.67. The van der Waals surface area contributed by atoms with E-state index in [-0.39, 0.29) is 22.9 Å². The van der Waals surface area contributed by atoms with Crippen molar-refractivity contribution in [3.05, 3.63) is 81.6 Å². The summed E-state index contributed by atoms with van der Waals surface area (Å²) < 4.78 is 30.2. The molecule has 0 spiro atoms. The van der Waals surface area contributed by atoms with Crippen molar-refractivity contribution in [1.29, 1.82) is 0 Å². The molecule has 0 radical (unpaired) electrons. The van der Waals surface area contributed by atoms with E-state index in [1.807, 2.05) is 0 Å². The third kappa shape index (κ3) is 6.65.